The van der Waals surface area contributed by atoms with Gasteiger partial charge in [0.2, 0.25) is 0 Å². The van der Waals surface area contributed by atoms with Gasteiger partial charge in [0.1, 0.15) is 0 Å². The number of hydrogen-bond donors (Lipinski definition) is 0. The Bertz CT molecular complexity index is 424. The van der Waals surface area contributed by atoms with Gasteiger partial charge in [0.25, 0.3) is 0 Å². The van der Waals surface area contributed by atoms with Crippen molar-refractivity contribution in [3.8, 4) is 5.75 Å². The second-order valence-electron chi connectivity index (χ2n) is 3.78. The molecule has 0 unspecified atom stereocenters. The summed E-state index contributed by atoms with van der Waals surface area (Å²) in [5, 5.41) is 2.10. The van der Waals surface area contributed by atoms with Crippen LogP contribution >= 0.6 is 36.2 Å². The minimum Gasteiger partial charge on any atom is -0.147 e. The third kappa shape index (κ3) is 4.15. The van der Waals surface area contributed by atoms with Gasteiger partial charge >= 0.3 is 107 Å². The maximum Gasteiger partial charge on any atom is -0.147 e. The molecule has 0 saturated heterocycles. The number of allylic oxidation sites excluding steroid dienone is 4. The maximum absolute atomic E-state index is 5.79. The predicted molar refractivity (Wildman–Crippen MR) is 75.3 cm³/mol. The van der Waals surface area contributed by atoms with Crippen LogP contribution in [0.5, 0.6) is 5.75 Å². The van der Waals surface area contributed by atoms with Crippen molar-refractivity contribution in [2.45, 2.75) is 26.4 Å². The summed E-state index contributed by atoms with van der Waals surface area (Å²) in [6.45, 7) is 4.13. The SMILES string of the molecule is CC(C)Oc1ccsc1C1=[C]([Ti])CC=C1.Cl.Cl. The molecule has 0 atom stereocenters. The van der Waals surface area contributed by atoms with E-state index in [9.17, 15) is 0 Å². The second-order valence-corrected chi connectivity index (χ2v) is 5.64. The van der Waals surface area contributed by atoms with Crippen LogP contribution in [0, 0.1) is 0 Å². The molecule has 1 aliphatic carbocycles. The van der Waals surface area contributed by atoms with Crippen LogP contribution in [-0.2, 0) is 20.4 Å². The fourth-order valence-electron chi connectivity index (χ4n) is 1.56. The van der Waals surface area contributed by atoms with E-state index < -0.39 is 0 Å². The first-order valence-corrected chi connectivity index (χ1v) is 6.70. The minimum atomic E-state index is 0. The van der Waals surface area contributed by atoms with E-state index in [4.69, 9.17) is 4.74 Å². The Balaban J connectivity index is 0.00000128. The molecule has 1 heterocycles. The molecule has 5 heteroatoms. The number of thiophene rings is 1. The molecule has 0 saturated carbocycles. The quantitative estimate of drug-likeness (QED) is 0.738. The van der Waals surface area contributed by atoms with Crippen LogP contribution in [0.15, 0.2) is 27.5 Å². The van der Waals surface area contributed by atoms with Crippen LogP contribution in [0.1, 0.15) is 25.1 Å². The van der Waals surface area contributed by atoms with Gasteiger partial charge in [-0.15, -0.1) is 24.8 Å². The molecule has 0 bridgehead atoms. The van der Waals surface area contributed by atoms with Gasteiger partial charge < -0.3 is 0 Å². The molecule has 1 aromatic heterocycles. The summed E-state index contributed by atoms with van der Waals surface area (Å²) in [6.07, 6.45) is 5.73. The van der Waals surface area contributed by atoms with Crippen LogP contribution in [-0.4, -0.2) is 6.10 Å². The van der Waals surface area contributed by atoms with E-state index >= 15 is 0 Å². The summed E-state index contributed by atoms with van der Waals surface area (Å²) >= 11 is 3.95. The van der Waals surface area contributed by atoms with Crippen molar-refractivity contribution in [1.82, 2.24) is 0 Å². The third-order valence-corrected chi connectivity index (χ3v) is 3.84. The molecule has 0 amide bonds. The van der Waals surface area contributed by atoms with Gasteiger partial charge in [0.15, 0.2) is 0 Å². The van der Waals surface area contributed by atoms with E-state index in [1.54, 1.807) is 11.3 Å². The number of halogens is 2. The molecular formula is C12H15Cl2OSTi. The van der Waals surface area contributed by atoms with Crippen LogP contribution in [0.25, 0.3) is 5.57 Å². The number of rotatable bonds is 3. The van der Waals surface area contributed by atoms with Gasteiger partial charge in [-0.05, 0) is 0 Å². The Morgan fingerprint density at radius 1 is 1.35 bits per heavy atom. The van der Waals surface area contributed by atoms with Crippen LogP contribution < -0.4 is 4.74 Å². The molecule has 1 nitrogen and oxygen atoms in total. The number of ether oxygens (including phenoxy) is 1. The summed E-state index contributed by atoms with van der Waals surface area (Å²) in [6, 6.07) is 2.06. The summed E-state index contributed by atoms with van der Waals surface area (Å²) in [5.74, 6) is 1.02. The van der Waals surface area contributed by atoms with Crippen molar-refractivity contribution in [1.29, 1.82) is 0 Å². The zero-order chi connectivity index (χ0) is 10.8. The Hall–Kier alpha value is 0.274. The zero-order valence-corrected chi connectivity index (χ0v) is 13.7. The first-order chi connectivity index (χ1) is 7.18. The molecule has 2 rings (SSSR count). The average molecular weight is 326 g/mol. The number of hydrogen-bond acceptors (Lipinski definition) is 2. The third-order valence-electron chi connectivity index (χ3n) is 2.17. The monoisotopic (exact) mass is 325 g/mol. The average Bonchev–Trinajstić information content (AvgIpc) is 2.73. The smallest absolute Gasteiger partial charge is 0.147 e. The predicted octanol–water partition coefficient (Wildman–Crippen LogP) is 4.60. The first-order valence-electron chi connectivity index (χ1n) is 5.04. The molecule has 0 radical (unpaired) electrons. The topological polar surface area (TPSA) is 9.23 Å². The van der Waals surface area contributed by atoms with Crippen LogP contribution in [0.3, 0.4) is 0 Å². The summed E-state index contributed by atoms with van der Waals surface area (Å²) in [5.41, 5.74) is 1.35. The van der Waals surface area contributed by atoms with Crippen LogP contribution in [0.2, 0.25) is 0 Å². The zero-order valence-electron chi connectivity index (χ0n) is 9.73. The molecule has 0 aromatic carbocycles. The second kappa shape index (κ2) is 7.65. The fraction of sp³-hybridized carbons (Fsp3) is 0.333. The largest absolute Gasteiger partial charge is 0.147 e. The van der Waals surface area contributed by atoms with Crippen molar-refractivity contribution in [3.05, 3.63) is 32.4 Å². The van der Waals surface area contributed by atoms with Crippen molar-refractivity contribution in [3.63, 3.8) is 0 Å². The molecule has 93 valence electrons. The normalized spacial score (nSPS) is 13.5. The van der Waals surface area contributed by atoms with Crippen molar-refractivity contribution in [2.24, 2.45) is 0 Å². The van der Waals surface area contributed by atoms with Crippen molar-refractivity contribution in [2.75, 3.05) is 0 Å². The maximum atomic E-state index is 5.79. The first kappa shape index (κ1) is 17.3. The fourth-order valence-corrected chi connectivity index (χ4v) is 3.09. The summed E-state index contributed by atoms with van der Waals surface area (Å²) in [4.78, 5) is 1.27. The standard InChI is InChI=1S/C12H13OS.2ClH.Ti/c1-9(2)13-11-7-8-14-12(11)10-5-3-4-6-10;;;/h3,5,7-9H,4H2,1-2H3;2*1H;. The molecular weight excluding hydrogens is 311 g/mol. The van der Waals surface area contributed by atoms with Gasteiger partial charge in [0, 0.05) is 0 Å². The van der Waals surface area contributed by atoms with E-state index in [0.29, 0.717) is 0 Å². The van der Waals surface area contributed by atoms with Gasteiger partial charge in [0.05, 0.1) is 0 Å². The molecule has 17 heavy (non-hydrogen) atoms. The molecule has 0 fully saturated rings. The Morgan fingerprint density at radius 3 is 2.59 bits per heavy atom. The van der Waals surface area contributed by atoms with Gasteiger partial charge in [-0.25, -0.2) is 0 Å². The van der Waals surface area contributed by atoms with E-state index in [0.717, 1.165) is 12.2 Å². The summed E-state index contributed by atoms with van der Waals surface area (Å²) < 4.78 is 7.22. The van der Waals surface area contributed by atoms with E-state index in [1.807, 2.05) is 0 Å². The Morgan fingerprint density at radius 2 is 2.06 bits per heavy atom. The van der Waals surface area contributed by atoms with Gasteiger partial charge in [-0.3, -0.25) is 0 Å². The van der Waals surface area contributed by atoms with E-state index in [-0.39, 0.29) is 30.9 Å². The van der Waals surface area contributed by atoms with Crippen molar-refractivity contribution >= 4 is 41.7 Å². The Labute approximate surface area is 131 Å². The van der Waals surface area contributed by atoms with E-state index in [2.05, 4.69) is 57.9 Å². The van der Waals surface area contributed by atoms with Gasteiger partial charge in [-0.2, -0.15) is 0 Å². The van der Waals surface area contributed by atoms with Crippen molar-refractivity contribution < 1.29 is 25.2 Å². The minimum absolute atomic E-state index is 0. The van der Waals surface area contributed by atoms with E-state index in [1.165, 1.54) is 14.3 Å². The molecule has 0 N–H and O–H groups in total. The molecule has 0 spiro atoms. The van der Waals surface area contributed by atoms with Gasteiger partial charge in [-0.1, -0.05) is 0 Å². The Kier molecular flexibility index (Phi) is 7.78. The molecule has 1 aliphatic rings. The summed E-state index contributed by atoms with van der Waals surface area (Å²) in [7, 11) is 0. The molecule has 0 aliphatic heterocycles. The van der Waals surface area contributed by atoms with Crippen LogP contribution in [0.4, 0.5) is 0 Å². The molecule has 1 aromatic rings.